The first-order valence-corrected chi connectivity index (χ1v) is 7.44. The molecule has 0 aliphatic carbocycles. The second-order valence-corrected chi connectivity index (χ2v) is 5.98. The van der Waals surface area contributed by atoms with Gasteiger partial charge in [-0.15, -0.1) is 6.58 Å². The highest BCUT2D eigenvalue weighted by molar-refractivity contribution is 6.77. The van der Waals surface area contributed by atoms with Crippen LogP contribution in [0.4, 0.5) is 0 Å². The van der Waals surface area contributed by atoms with Gasteiger partial charge in [0, 0.05) is 24.4 Å². The zero-order valence-electron chi connectivity index (χ0n) is 14.3. The number of hydrogen-bond donors (Lipinski definition) is 0. The molecule has 0 saturated carbocycles. The van der Waals surface area contributed by atoms with Crippen molar-refractivity contribution in [3.05, 3.63) is 12.0 Å². The molecule has 0 aromatic heterocycles. The van der Waals surface area contributed by atoms with Crippen LogP contribution >= 0.6 is 0 Å². The molecule has 4 nitrogen and oxygen atoms in total. The minimum absolute atomic E-state index is 0.0363. The summed E-state index contributed by atoms with van der Waals surface area (Å²) in [4.78, 5) is 0. The summed E-state index contributed by atoms with van der Waals surface area (Å²) < 4.78 is 23.1. The van der Waals surface area contributed by atoms with Gasteiger partial charge in [0.25, 0.3) is 0 Å². The highest BCUT2D eigenvalue weighted by Crippen LogP contribution is 2.15. The van der Waals surface area contributed by atoms with Crippen molar-refractivity contribution in [2.45, 2.75) is 79.8 Å². The van der Waals surface area contributed by atoms with Crippen molar-refractivity contribution in [3.63, 3.8) is 0 Å². The lowest BCUT2D eigenvalue weighted by atomic mass is 9.57. The van der Waals surface area contributed by atoms with Gasteiger partial charge in [-0.05, 0) is 60.8 Å². The van der Waals surface area contributed by atoms with E-state index in [1.807, 2.05) is 55.4 Å². The van der Waals surface area contributed by atoms with Gasteiger partial charge >= 0.3 is 14.2 Å². The average molecular weight is 284 g/mol. The quantitative estimate of drug-likeness (QED) is 0.577. The van der Waals surface area contributed by atoms with Crippen molar-refractivity contribution >= 4 is 14.2 Å². The molecule has 0 bridgehead atoms. The monoisotopic (exact) mass is 284 g/mol. The van der Waals surface area contributed by atoms with E-state index in [0.717, 1.165) is 0 Å². The molecular weight excluding hydrogens is 254 g/mol. The van der Waals surface area contributed by atoms with Crippen LogP contribution in [0.3, 0.4) is 0 Å². The van der Waals surface area contributed by atoms with Crippen LogP contribution in [0.2, 0.25) is 0 Å². The summed E-state index contributed by atoms with van der Waals surface area (Å²) in [5, 5.41) is 0.662. The predicted molar refractivity (Wildman–Crippen MR) is 85.5 cm³/mol. The summed E-state index contributed by atoms with van der Waals surface area (Å²) in [5.74, 6) is 0. The second-order valence-electron chi connectivity index (χ2n) is 5.98. The van der Waals surface area contributed by atoms with Crippen LogP contribution < -0.4 is 0 Å². The SMILES string of the molecule is C=C(B(OC(C)C)OC(C)C)B(OC(C)C)OC(C)C. The van der Waals surface area contributed by atoms with Crippen LogP contribution in [0, 0.1) is 0 Å². The molecule has 0 heterocycles. The van der Waals surface area contributed by atoms with Crippen molar-refractivity contribution in [3.8, 4) is 0 Å². The standard InChI is InChI=1S/C14H30B2O4/c1-10(2)17-15(18-11(3)4)14(9)16(19-12(5)6)20-13(7)8/h10-13H,9H2,1-8H3. The molecule has 0 aromatic rings. The van der Waals surface area contributed by atoms with Gasteiger partial charge in [-0.2, -0.15) is 0 Å². The summed E-state index contributed by atoms with van der Waals surface area (Å²) >= 11 is 0. The molecule has 0 N–H and O–H groups in total. The third-order valence-electron chi connectivity index (χ3n) is 2.19. The van der Waals surface area contributed by atoms with Crippen molar-refractivity contribution in [2.75, 3.05) is 0 Å². The molecule has 0 fully saturated rings. The lowest BCUT2D eigenvalue weighted by molar-refractivity contribution is 0.123. The topological polar surface area (TPSA) is 36.9 Å². The Morgan fingerprint density at radius 2 is 0.800 bits per heavy atom. The van der Waals surface area contributed by atoms with E-state index in [1.165, 1.54) is 0 Å². The Kier molecular flexibility index (Phi) is 9.47. The van der Waals surface area contributed by atoms with E-state index in [1.54, 1.807) is 0 Å². The molecule has 0 atom stereocenters. The Balaban J connectivity index is 4.91. The maximum atomic E-state index is 5.79. The van der Waals surface area contributed by atoms with Crippen LogP contribution in [-0.2, 0) is 18.6 Å². The molecule has 0 aromatic carbocycles. The number of rotatable bonds is 10. The summed E-state index contributed by atoms with van der Waals surface area (Å²) in [5.41, 5.74) is 0. The molecule has 0 rings (SSSR count). The minimum atomic E-state index is -0.530. The zero-order chi connectivity index (χ0) is 15.9. The first-order chi connectivity index (χ1) is 9.13. The van der Waals surface area contributed by atoms with Crippen LogP contribution in [0.25, 0.3) is 0 Å². The third-order valence-corrected chi connectivity index (χ3v) is 2.19. The fourth-order valence-electron chi connectivity index (χ4n) is 1.51. The van der Waals surface area contributed by atoms with Crippen molar-refractivity contribution in [1.82, 2.24) is 0 Å². The summed E-state index contributed by atoms with van der Waals surface area (Å²) in [6, 6.07) is 0. The van der Waals surface area contributed by atoms with E-state index in [2.05, 4.69) is 6.58 Å². The van der Waals surface area contributed by atoms with E-state index in [-0.39, 0.29) is 24.4 Å². The Morgan fingerprint density at radius 3 is 0.950 bits per heavy atom. The molecule has 0 spiro atoms. The Bertz CT molecular complexity index is 234. The zero-order valence-corrected chi connectivity index (χ0v) is 14.3. The highest BCUT2D eigenvalue weighted by Gasteiger charge is 2.37. The molecule has 116 valence electrons. The van der Waals surface area contributed by atoms with E-state index in [0.29, 0.717) is 5.37 Å². The fourth-order valence-corrected chi connectivity index (χ4v) is 1.51. The van der Waals surface area contributed by atoms with Crippen LogP contribution in [0.5, 0.6) is 0 Å². The van der Waals surface area contributed by atoms with Gasteiger partial charge in [0.2, 0.25) is 0 Å². The van der Waals surface area contributed by atoms with Crippen molar-refractivity contribution in [1.29, 1.82) is 0 Å². The molecule has 0 saturated heterocycles. The lowest BCUT2D eigenvalue weighted by Gasteiger charge is -2.26. The average Bonchev–Trinajstić information content (AvgIpc) is 2.23. The molecule has 0 radical (unpaired) electrons. The van der Waals surface area contributed by atoms with Gasteiger partial charge in [0.1, 0.15) is 0 Å². The Labute approximate surface area is 125 Å². The summed E-state index contributed by atoms with van der Waals surface area (Å²) in [6.45, 7) is 19.8. The first-order valence-electron chi connectivity index (χ1n) is 7.44. The second kappa shape index (κ2) is 9.61. The smallest absolute Gasteiger partial charge is 0.406 e. The van der Waals surface area contributed by atoms with Gasteiger partial charge < -0.3 is 18.6 Å². The van der Waals surface area contributed by atoms with E-state index in [9.17, 15) is 0 Å². The van der Waals surface area contributed by atoms with E-state index >= 15 is 0 Å². The predicted octanol–water partition coefficient (Wildman–Crippen LogP) is 3.30. The van der Waals surface area contributed by atoms with Crippen LogP contribution in [-0.4, -0.2) is 38.7 Å². The fraction of sp³-hybridized carbons (Fsp3) is 0.857. The molecule has 0 unspecified atom stereocenters. The Hall–Kier alpha value is -0.290. The molecule has 20 heavy (non-hydrogen) atoms. The van der Waals surface area contributed by atoms with Gasteiger partial charge in [-0.1, -0.05) is 0 Å². The van der Waals surface area contributed by atoms with Crippen LogP contribution in [0.1, 0.15) is 55.4 Å². The summed E-state index contributed by atoms with van der Waals surface area (Å²) in [6.07, 6.45) is 0.145. The highest BCUT2D eigenvalue weighted by atomic mass is 16.6. The van der Waals surface area contributed by atoms with Crippen LogP contribution in [0.15, 0.2) is 12.0 Å². The summed E-state index contributed by atoms with van der Waals surface area (Å²) in [7, 11) is -1.06. The molecule has 6 heteroatoms. The first kappa shape index (κ1) is 19.7. The Morgan fingerprint density at radius 1 is 0.600 bits per heavy atom. The van der Waals surface area contributed by atoms with Crippen molar-refractivity contribution in [2.24, 2.45) is 0 Å². The van der Waals surface area contributed by atoms with Crippen molar-refractivity contribution < 1.29 is 18.6 Å². The van der Waals surface area contributed by atoms with Gasteiger partial charge in [0.15, 0.2) is 0 Å². The van der Waals surface area contributed by atoms with E-state index < -0.39 is 14.2 Å². The maximum absolute atomic E-state index is 5.79. The van der Waals surface area contributed by atoms with Gasteiger partial charge in [-0.3, -0.25) is 0 Å². The van der Waals surface area contributed by atoms with Gasteiger partial charge in [0.05, 0.1) is 0 Å². The normalized spacial score (nSPS) is 11.8. The molecule has 0 aliphatic rings. The van der Waals surface area contributed by atoms with E-state index in [4.69, 9.17) is 18.6 Å². The lowest BCUT2D eigenvalue weighted by Crippen LogP contribution is -2.42. The molecule has 0 amide bonds. The molecular formula is C14H30B2O4. The molecule has 0 aliphatic heterocycles. The minimum Gasteiger partial charge on any atom is -0.406 e. The largest absolute Gasteiger partial charge is 0.485 e. The maximum Gasteiger partial charge on any atom is 0.485 e. The van der Waals surface area contributed by atoms with Gasteiger partial charge in [-0.25, -0.2) is 0 Å². The number of hydrogen-bond acceptors (Lipinski definition) is 4. The third kappa shape index (κ3) is 8.80.